The van der Waals surface area contributed by atoms with Gasteiger partial charge >= 0.3 is 0 Å². The summed E-state index contributed by atoms with van der Waals surface area (Å²) in [5, 5.41) is 0.990. The van der Waals surface area contributed by atoms with Gasteiger partial charge < -0.3 is 19.1 Å². The predicted molar refractivity (Wildman–Crippen MR) is 108 cm³/mol. The molecule has 29 heavy (non-hydrogen) atoms. The maximum absolute atomic E-state index is 13.3. The Morgan fingerprint density at radius 3 is 2.93 bits per heavy atom. The molecular weight excluding hydrogens is 370 g/mol. The van der Waals surface area contributed by atoms with Crippen molar-refractivity contribution in [3.8, 4) is 5.75 Å². The average molecular weight is 397 g/mol. The van der Waals surface area contributed by atoms with Crippen LogP contribution in [-0.2, 0) is 20.8 Å². The molecule has 2 saturated heterocycles. The lowest BCUT2D eigenvalue weighted by Gasteiger charge is -2.26. The SMILES string of the molecule is COCCCOc1cc(CN(C(=O)[C@]23CN2CCO3)C2CC2)nc2ccccc12. The van der Waals surface area contributed by atoms with Gasteiger partial charge in [-0.25, -0.2) is 0 Å². The van der Waals surface area contributed by atoms with E-state index in [9.17, 15) is 4.79 Å². The number of carbonyl (C=O) groups is 1. The number of fused-ring (bicyclic) bond motifs is 2. The highest BCUT2D eigenvalue weighted by atomic mass is 16.6. The number of methoxy groups -OCH3 is 1. The Labute approximate surface area is 170 Å². The monoisotopic (exact) mass is 397 g/mol. The van der Waals surface area contributed by atoms with Crippen LogP contribution in [0, 0.1) is 0 Å². The first-order valence-corrected chi connectivity index (χ1v) is 10.4. The number of carbonyl (C=O) groups excluding carboxylic acids is 1. The van der Waals surface area contributed by atoms with Crippen molar-refractivity contribution in [2.24, 2.45) is 0 Å². The molecule has 0 N–H and O–H groups in total. The molecule has 1 amide bonds. The predicted octanol–water partition coefficient (Wildman–Crippen LogP) is 2.18. The van der Waals surface area contributed by atoms with E-state index in [1.165, 1.54) is 0 Å². The summed E-state index contributed by atoms with van der Waals surface area (Å²) < 4.78 is 17.0. The molecule has 0 spiro atoms. The van der Waals surface area contributed by atoms with Gasteiger partial charge in [0.1, 0.15) is 5.75 Å². The van der Waals surface area contributed by atoms with E-state index in [1.807, 2.05) is 35.2 Å². The van der Waals surface area contributed by atoms with Crippen molar-refractivity contribution in [2.75, 3.05) is 40.0 Å². The molecule has 154 valence electrons. The van der Waals surface area contributed by atoms with Crippen LogP contribution >= 0.6 is 0 Å². The average Bonchev–Trinajstić information content (AvgIpc) is 3.67. The molecule has 1 unspecified atom stereocenters. The number of benzene rings is 1. The van der Waals surface area contributed by atoms with Crippen molar-refractivity contribution in [3.05, 3.63) is 36.0 Å². The van der Waals surface area contributed by atoms with Gasteiger partial charge in [-0.1, -0.05) is 12.1 Å². The topological polar surface area (TPSA) is 63.9 Å². The number of morpholine rings is 1. The lowest BCUT2D eigenvalue weighted by atomic mass is 10.1. The van der Waals surface area contributed by atoms with E-state index >= 15 is 0 Å². The number of para-hydroxylation sites is 1. The minimum Gasteiger partial charge on any atom is -0.493 e. The van der Waals surface area contributed by atoms with E-state index in [4.69, 9.17) is 19.2 Å². The highest BCUT2D eigenvalue weighted by Gasteiger charge is 2.65. The molecule has 2 aromatic rings. The highest BCUT2D eigenvalue weighted by molar-refractivity contribution is 5.89. The molecule has 7 heteroatoms. The highest BCUT2D eigenvalue weighted by Crippen LogP contribution is 2.42. The Balaban J connectivity index is 1.39. The number of rotatable bonds is 9. The molecule has 3 fully saturated rings. The zero-order chi connectivity index (χ0) is 19.8. The van der Waals surface area contributed by atoms with Gasteiger partial charge in [-0.05, 0) is 25.0 Å². The fourth-order valence-corrected chi connectivity index (χ4v) is 4.14. The second-order valence-electron chi connectivity index (χ2n) is 8.04. The Morgan fingerprint density at radius 1 is 1.34 bits per heavy atom. The van der Waals surface area contributed by atoms with Crippen molar-refractivity contribution in [1.82, 2.24) is 14.8 Å². The maximum Gasteiger partial charge on any atom is 0.272 e. The molecule has 1 aliphatic carbocycles. The van der Waals surface area contributed by atoms with Crippen LogP contribution in [0.1, 0.15) is 25.0 Å². The number of ether oxygens (including phenoxy) is 3. The Hall–Kier alpha value is -2.22. The van der Waals surface area contributed by atoms with E-state index in [-0.39, 0.29) is 5.91 Å². The van der Waals surface area contributed by atoms with E-state index in [0.717, 1.165) is 48.2 Å². The van der Waals surface area contributed by atoms with Crippen LogP contribution in [-0.4, -0.2) is 72.5 Å². The molecule has 3 heterocycles. The molecule has 3 aliphatic rings. The van der Waals surface area contributed by atoms with Crippen molar-refractivity contribution >= 4 is 16.8 Å². The standard InChI is InChI=1S/C22H27N3O4/c1-27-10-4-11-28-20-13-16(23-19-6-3-2-5-18(19)20)14-25(17-7-8-17)21(26)22-15-24(22)9-12-29-22/h2-3,5-6,13,17H,4,7-12,14-15H2,1H3/t22-,24?/m1/s1. The number of nitrogens with zero attached hydrogens (tertiary/aromatic N) is 3. The van der Waals surface area contributed by atoms with Gasteiger partial charge in [-0.3, -0.25) is 14.7 Å². The van der Waals surface area contributed by atoms with E-state index in [0.29, 0.717) is 39.0 Å². The molecule has 7 nitrogen and oxygen atoms in total. The summed E-state index contributed by atoms with van der Waals surface area (Å²) in [5.41, 5.74) is 1.05. The number of hydrogen-bond donors (Lipinski definition) is 0. The van der Waals surface area contributed by atoms with Crippen molar-refractivity contribution in [3.63, 3.8) is 0 Å². The van der Waals surface area contributed by atoms with Crippen molar-refractivity contribution in [1.29, 1.82) is 0 Å². The van der Waals surface area contributed by atoms with Crippen molar-refractivity contribution in [2.45, 2.75) is 37.6 Å². The number of aromatic nitrogens is 1. The van der Waals surface area contributed by atoms with Crippen LogP contribution in [0.5, 0.6) is 5.75 Å². The lowest BCUT2D eigenvalue weighted by Crippen LogP contribution is -2.44. The first kappa shape index (κ1) is 18.8. The molecule has 1 aromatic carbocycles. The van der Waals surface area contributed by atoms with Crippen LogP contribution in [0.2, 0.25) is 0 Å². The summed E-state index contributed by atoms with van der Waals surface area (Å²) in [6, 6.07) is 10.3. The first-order chi connectivity index (χ1) is 14.2. The van der Waals surface area contributed by atoms with Gasteiger partial charge in [-0.15, -0.1) is 0 Å². The summed E-state index contributed by atoms with van der Waals surface area (Å²) in [7, 11) is 1.69. The van der Waals surface area contributed by atoms with E-state index in [2.05, 4.69) is 4.90 Å². The number of hydrogen-bond acceptors (Lipinski definition) is 6. The van der Waals surface area contributed by atoms with Crippen LogP contribution in [0.15, 0.2) is 30.3 Å². The second-order valence-corrected chi connectivity index (χ2v) is 8.04. The van der Waals surface area contributed by atoms with E-state index in [1.54, 1.807) is 7.11 Å². The molecule has 2 aliphatic heterocycles. The molecule has 1 saturated carbocycles. The minimum absolute atomic E-state index is 0.0926. The maximum atomic E-state index is 13.3. The Kier molecular flexibility index (Phi) is 4.89. The molecule has 1 aromatic heterocycles. The molecular formula is C22H27N3O4. The Bertz CT molecular complexity index is 916. The third-order valence-corrected chi connectivity index (χ3v) is 5.91. The molecule has 2 atom stereocenters. The summed E-state index contributed by atoms with van der Waals surface area (Å²) in [5.74, 6) is 0.906. The van der Waals surface area contributed by atoms with Gasteiger partial charge in [0, 0.05) is 44.2 Å². The fraction of sp³-hybridized carbons (Fsp3) is 0.545. The Morgan fingerprint density at radius 2 is 2.21 bits per heavy atom. The van der Waals surface area contributed by atoms with E-state index < -0.39 is 5.72 Å². The summed E-state index contributed by atoms with van der Waals surface area (Å²) in [6.45, 7) is 3.93. The lowest BCUT2D eigenvalue weighted by molar-refractivity contribution is -0.147. The van der Waals surface area contributed by atoms with Crippen molar-refractivity contribution < 1.29 is 19.0 Å². The van der Waals surface area contributed by atoms with Gasteiger partial charge in [0.2, 0.25) is 5.72 Å². The van der Waals surface area contributed by atoms with Gasteiger partial charge in [-0.2, -0.15) is 0 Å². The quantitative estimate of drug-likeness (QED) is 0.477. The summed E-state index contributed by atoms with van der Waals surface area (Å²) in [4.78, 5) is 22.2. The van der Waals surface area contributed by atoms with Crippen LogP contribution in [0.3, 0.4) is 0 Å². The molecule has 0 radical (unpaired) electrons. The first-order valence-electron chi connectivity index (χ1n) is 10.4. The molecule has 0 bridgehead atoms. The largest absolute Gasteiger partial charge is 0.493 e. The van der Waals surface area contributed by atoms with Gasteiger partial charge in [0.15, 0.2) is 0 Å². The zero-order valence-electron chi connectivity index (χ0n) is 16.8. The normalized spacial score (nSPS) is 25.1. The zero-order valence-corrected chi connectivity index (χ0v) is 16.8. The third-order valence-electron chi connectivity index (χ3n) is 5.91. The minimum atomic E-state index is -0.696. The van der Waals surface area contributed by atoms with Gasteiger partial charge in [0.05, 0.1) is 37.5 Å². The third kappa shape index (κ3) is 3.58. The molecule has 5 rings (SSSR count). The van der Waals surface area contributed by atoms with Gasteiger partial charge in [0.25, 0.3) is 5.91 Å². The van der Waals surface area contributed by atoms with Crippen LogP contribution in [0.25, 0.3) is 10.9 Å². The fourth-order valence-electron chi connectivity index (χ4n) is 4.14. The van der Waals surface area contributed by atoms with Crippen LogP contribution < -0.4 is 4.74 Å². The van der Waals surface area contributed by atoms with Crippen LogP contribution in [0.4, 0.5) is 0 Å². The number of pyridine rings is 1. The number of amides is 1. The smallest absolute Gasteiger partial charge is 0.272 e. The summed E-state index contributed by atoms with van der Waals surface area (Å²) in [6.07, 6.45) is 2.93. The summed E-state index contributed by atoms with van der Waals surface area (Å²) >= 11 is 0. The second kappa shape index (κ2) is 7.55.